The van der Waals surface area contributed by atoms with Gasteiger partial charge in [-0.15, -0.1) is 0 Å². The lowest BCUT2D eigenvalue weighted by Crippen LogP contribution is -2.39. The van der Waals surface area contributed by atoms with Crippen molar-refractivity contribution in [3.05, 3.63) is 185 Å². The Morgan fingerprint density at radius 1 is 0.750 bits per heavy atom. The van der Waals surface area contributed by atoms with Gasteiger partial charge in [0, 0.05) is 25.6 Å². The van der Waals surface area contributed by atoms with Crippen LogP contribution in [0.5, 0.6) is 0 Å². The number of carboxylic acid groups (broad SMARTS) is 1. The van der Waals surface area contributed by atoms with Crippen LogP contribution in [-0.2, 0) is 13.1 Å². The molecule has 6 nitrogen and oxygen atoms in total. The fourth-order valence-electron chi connectivity index (χ4n) is 8.75. The van der Waals surface area contributed by atoms with Gasteiger partial charge in [0.25, 0.3) is 5.52 Å². The Morgan fingerprint density at radius 2 is 1.54 bits per heavy atom. The first-order valence-corrected chi connectivity index (χ1v) is 19.9. The number of anilines is 2. The summed E-state index contributed by atoms with van der Waals surface area (Å²) in [5.41, 5.74) is 15.7. The zero-order chi connectivity index (χ0) is 38.2. The van der Waals surface area contributed by atoms with Crippen molar-refractivity contribution in [3.8, 4) is 11.1 Å². The van der Waals surface area contributed by atoms with Gasteiger partial charge in [0.15, 0.2) is 6.54 Å². The summed E-state index contributed by atoms with van der Waals surface area (Å²) in [4.78, 5) is 16.6. The molecule has 6 heteroatoms. The molecule has 0 atom stereocenters. The molecule has 278 valence electrons. The molecule has 5 aromatic carbocycles. The van der Waals surface area contributed by atoms with Crippen molar-refractivity contribution in [2.24, 2.45) is 0 Å². The first-order valence-electron chi connectivity index (χ1n) is 19.9. The Morgan fingerprint density at radius 3 is 2.32 bits per heavy atom. The second kappa shape index (κ2) is 15.0. The van der Waals surface area contributed by atoms with Crippen LogP contribution in [0, 0.1) is 6.92 Å². The topological polar surface area (TPSA) is 60.8 Å². The molecule has 0 unspecified atom stereocenters. The maximum atomic E-state index is 11.9. The first kappa shape index (κ1) is 35.3. The molecule has 0 bridgehead atoms. The zero-order valence-corrected chi connectivity index (χ0v) is 32.0. The normalized spacial score (nSPS) is 17.6. The summed E-state index contributed by atoms with van der Waals surface area (Å²) in [7, 11) is 0. The number of fused-ring (bicyclic) bond motifs is 4. The predicted molar refractivity (Wildman–Crippen MR) is 226 cm³/mol. The highest BCUT2D eigenvalue weighted by molar-refractivity contribution is 5.89. The van der Waals surface area contributed by atoms with Crippen LogP contribution in [0.2, 0.25) is 0 Å². The van der Waals surface area contributed by atoms with Crippen LogP contribution in [0.25, 0.3) is 33.4 Å². The van der Waals surface area contributed by atoms with E-state index in [1.807, 2.05) is 12.1 Å². The number of hydrogen-bond acceptors (Lipinski definition) is 4. The van der Waals surface area contributed by atoms with Gasteiger partial charge >= 0.3 is 11.9 Å². The molecule has 56 heavy (non-hydrogen) atoms. The standard InChI is InChI=1S/C50H45N3O3/c1-3-51-43-25-22-34(2)29-44(43)53(33-35-13-10-20-42(30-35)50(54)55)47(51)27-24-38-18-11-19-40(48(38)37-16-8-5-9-17-37)31-41-21-12-28-52-45-32-39(36-14-6-4-7-15-36)23-26-46(45)56-49(41)52/h4-10,13-17,20,22-27,29-32H,3,11-12,18-19,21,28,33H2,1-2H3/p+1. The van der Waals surface area contributed by atoms with Crippen LogP contribution in [0.4, 0.5) is 11.4 Å². The van der Waals surface area contributed by atoms with E-state index in [4.69, 9.17) is 4.42 Å². The molecule has 1 aromatic heterocycles. The van der Waals surface area contributed by atoms with Crippen LogP contribution in [0.15, 0.2) is 161 Å². The van der Waals surface area contributed by atoms with E-state index in [1.165, 1.54) is 44.5 Å². The summed E-state index contributed by atoms with van der Waals surface area (Å²) in [6, 6.07) is 41.9. The molecule has 0 spiro atoms. The third-order valence-corrected chi connectivity index (χ3v) is 11.4. The second-order valence-electron chi connectivity index (χ2n) is 15.0. The van der Waals surface area contributed by atoms with Crippen molar-refractivity contribution in [3.63, 3.8) is 0 Å². The number of allylic oxidation sites excluding steroid dienone is 7. The van der Waals surface area contributed by atoms with Crippen LogP contribution in [0.1, 0.15) is 72.0 Å². The minimum absolute atomic E-state index is 0.302. The second-order valence-corrected chi connectivity index (χ2v) is 15.0. The SMILES string of the molecule is CCN1C(=CC=C2CCCC(C=C3CCC[n+]4c3oc3ccc(-c5ccccc5)cc34)=C2c2ccccc2)N(Cc2cccc(C(=O)O)c2)c2cc(C)ccc21. The van der Waals surface area contributed by atoms with E-state index in [2.05, 4.69) is 144 Å². The van der Waals surface area contributed by atoms with Gasteiger partial charge in [0.05, 0.1) is 22.5 Å². The number of oxazole rings is 1. The van der Waals surface area contributed by atoms with Crippen LogP contribution in [-0.4, -0.2) is 17.6 Å². The van der Waals surface area contributed by atoms with Gasteiger partial charge in [0.1, 0.15) is 5.82 Å². The molecule has 0 radical (unpaired) electrons. The van der Waals surface area contributed by atoms with Crippen LogP contribution in [0.3, 0.4) is 0 Å². The number of nitrogens with zero attached hydrogens (tertiary/aromatic N) is 3. The van der Waals surface area contributed by atoms with E-state index in [-0.39, 0.29) is 0 Å². The molecular weight excluding hydrogens is 691 g/mol. The van der Waals surface area contributed by atoms with E-state index >= 15 is 0 Å². The fraction of sp³-hybridized carbons (Fsp3) is 0.200. The Balaban J connectivity index is 1.14. The molecule has 2 aliphatic heterocycles. The van der Waals surface area contributed by atoms with E-state index in [0.717, 1.165) is 84.9 Å². The van der Waals surface area contributed by atoms with Gasteiger partial charge in [0.2, 0.25) is 5.58 Å². The van der Waals surface area contributed by atoms with Gasteiger partial charge < -0.3 is 19.3 Å². The summed E-state index contributed by atoms with van der Waals surface area (Å²) >= 11 is 0. The Bertz CT molecular complexity index is 2590. The fourth-order valence-corrected chi connectivity index (χ4v) is 8.75. The minimum atomic E-state index is -0.913. The largest absolute Gasteiger partial charge is 0.478 e. The average molecular weight is 737 g/mol. The molecule has 1 aliphatic carbocycles. The minimum Gasteiger partial charge on any atom is -0.478 e. The lowest BCUT2D eigenvalue weighted by atomic mass is 9.82. The molecule has 0 fully saturated rings. The number of aryl methyl sites for hydroxylation is 2. The summed E-state index contributed by atoms with van der Waals surface area (Å²) < 4.78 is 9.05. The van der Waals surface area contributed by atoms with E-state index in [1.54, 1.807) is 12.1 Å². The average Bonchev–Trinajstić information content (AvgIpc) is 3.75. The smallest absolute Gasteiger partial charge is 0.377 e. The molecule has 3 heterocycles. The molecule has 3 aliphatic rings. The Kier molecular flexibility index (Phi) is 9.48. The highest BCUT2D eigenvalue weighted by Gasteiger charge is 2.33. The van der Waals surface area contributed by atoms with Crippen molar-refractivity contribution < 1.29 is 18.9 Å². The van der Waals surface area contributed by atoms with Gasteiger partial charge in [-0.3, -0.25) is 0 Å². The highest BCUT2D eigenvalue weighted by atomic mass is 16.4. The van der Waals surface area contributed by atoms with E-state index in [9.17, 15) is 9.90 Å². The predicted octanol–water partition coefficient (Wildman–Crippen LogP) is 11.5. The Labute approximate surface area is 328 Å². The molecule has 9 rings (SSSR count). The number of hydrogen-bond donors (Lipinski definition) is 1. The number of benzene rings is 5. The quantitative estimate of drug-likeness (QED) is 0.158. The summed E-state index contributed by atoms with van der Waals surface area (Å²) in [6.45, 7) is 6.62. The third-order valence-electron chi connectivity index (χ3n) is 11.4. The van der Waals surface area contributed by atoms with E-state index in [0.29, 0.717) is 12.1 Å². The number of aromatic nitrogens is 1. The van der Waals surface area contributed by atoms with E-state index < -0.39 is 5.97 Å². The highest BCUT2D eigenvalue weighted by Crippen LogP contribution is 2.44. The number of rotatable bonds is 8. The maximum absolute atomic E-state index is 11.9. The van der Waals surface area contributed by atoms with Crippen molar-refractivity contribution in [1.29, 1.82) is 0 Å². The molecule has 0 amide bonds. The van der Waals surface area contributed by atoms with Crippen molar-refractivity contribution in [2.45, 2.75) is 59.0 Å². The molecule has 6 aromatic rings. The van der Waals surface area contributed by atoms with Crippen molar-refractivity contribution in [1.82, 2.24) is 0 Å². The number of carbonyl (C=O) groups is 1. The Hall–Kier alpha value is -6.40. The third kappa shape index (κ3) is 6.66. The summed E-state index contributed by atoms with van der Waals surface area (Å²) in [6.07, 6.45) is 12.1. The lowest BCUT2D eigenvalue weighted by molar-refractivity contribution is -0.682. The molecular formula is C50H46N3O3+. The van der Waals surface area contributed by atoms with Gasteiger partial charge in [-0.2, -0.15) is 4.57 Å². The molecule has 0 saturated carbocycles. The first-order chi connectivity index (χ1) is 27.4. The lowest BCUT2D eigenvalue weighted by Gasteiger charge is -2.26. The van der Waals surface area contributed by atoms with Gasteiger partial charge in [-0.25, -0.2) is 4.79 Å². The summed E-state index contributed by atoms with van der Waals surface area (Å²) in [5, 5.41) is 9.74. The maximum Gasteiger partial charge on any atom is 0.377 e. The zero-order valence-electron chi connectivity index (χ0n) is 32.0. The van der Waals surface area contributed by atoms with Crippen molar-refractivity contribution in [2.75, 3.05) is 16.3 Å². The monoisotopic (exact) mass is 736 g/mol. The molecule has 1 N–H and O–H groups in total. The van der Waals surface area contributed by atoms with Gasteiger partial charge in [-0.05, 0) is 127 Å². The summed E-state index contributed by atoms with van der Waals surface area (Å²) in [5.74, 6) is 1.14. The van der Waals surface area contributed by atoms with Gasteiger partial charge in [-0.1, -0.05) is 91.0 Å². The number of aromatic carboxylic acids is 1. The number of carboxylic acids is 1. The van der Waals surface area contributed by atoms with Crippen LogP contribution >= 0.6 is 0 Å². The molecule has 0 saturated heterocycles. The van der Waals surface area contributed by atoms with Crippen molar-refractivity contribution >= 4 is 39.6 Å². The van der Waals surface area contributed by atoms with Crippen LogP contribution < -0.4 is 14.4 Å².